The van der Waals surface area contributed by atoms with Crippen LogP contribution in [0.15, 0.2) is 30.3 Å². The summed E-state index contributed by atoms with van der Waals surface area (Å²) in [5.74, 6) is 6.77. The summed E-state index contributed by atoms with van der Waals surface area (Å²) in [5, 5.41) is 0. The smallest absolute Gasteiger partial charge is 0.0132 e. The summed E-state index contributed by atoms with van der Waals surface area (Å²) in [6.07, 6.45) is 1.29. The van der Waals surface area contributed by atoms with Crippen molar-refractivity contribution in [3.8, 4) is 0 Å². The molecule has 0 aromatic heterocycles. The molecule has 1 aliphatic rings. The highest BCUT2D eigenvalue weighted by atomic mass is 15.2. The van der Waals surface area contributed by atoms with Crippen LogP contribution >= 0.6 is 0 Å². The maximum Gasteiger partial charge on any atom is 0.0132 e. The molecule has 1 fully saturated rings. The first-order chi connectivity index (χ1) is 5.92. The molecular weight excluding hydrogens is 148 g/mol. The number of hydrogen-bond donors (Lipinski definition) is 2. The fourth-order valence-electron chi connectivity index (χ4n) is 1.73. The van der Waals surface area contributed by atoms with Gasteiger partial charge >= 0.3 is 0 Å². The van der Waals surface area contributed by atoms with Gasteiger partial charge in [-0.1, -0.05) is 30.3 Å². The first kappa shape index (κ1) is 7.77. The standard InChI is InChI=1S/C10H14N2/c11-12-7-9-6-10(9)8-4-2-1-3-5-8/h1-5,9-10,12H,6-7,11H2/t9-,10+/m0/s1. The van der Waals surface area contributed by atoms with Crippen molar-refractivity contribution in [2.24, 2.45) is 11.8 Å². The Morgan fingerprint density at radius 3 is 2.75 bits per heavy atom. The average molecular weight is 162 g/mol. The third-order valence-electron chi connectivity index (χ3n) is 2.53. The summed E-state index contributed by atoms with van der Waals surface area (Å²) in [6, 6.07) is 10.6. The maximum atomic E-state index is 5.26. The van der Waals surface area contributed by atoms with Crippen LogP contribution in [0, 0.1) is 5.92 Å². The summed E-state index contributed by atoms with van der Waals surface area (Å²) in [6.45, 7) is 0.944. The van der Waals surface area contributed by atoms with Crippen LogP contribution in [-0.4, -0.2) is 6.54 Å². The van der Waals surface area contributed by atoms with Gasteiger partial charge < -0.3 is 0 Å². The molecule has 2 atom stereocenters. The van der Waals surface area contributed by atoms with E-state index in [0.717, 1.165) is 18.4 Å². The van der Waals surface area contributed by atoms with Gasteiger partial charge in [-0.15, -0.1) is 0 Å². The van der Waals surface area contributed by atoms with Crippen LogP contribution in [0.25, 0.3) is 0 Å². The second kappa shape index (κ2) is 3.25. The van der Waals surface area contributed by atoms with Crippen LogP contribution in [0.4, 0.5) is 0 Å². The fraction of sp³-hybridized carbons (Fsp3) is 0.400. The van der Waals surface area contributed by atoms with Gasteiger partial charge in [0.25, 0.3) is 0 Å². The highest BCUT2D eigenvalue weighted by molar-refractivity contribution is 5.25. The van der Waals surface area contributed by atoms with Crippen LogP contribution in [-0.2, 0) is 0 Å². The highest BCUT2D eigenvalue weighted by Crippen LogP contribution is 2.46. The molecule has 0 radical (unpaired) electrons. The highest BCUT2D eigenvalue weighted by Gasteiger charge is 2.37. The molecule has 64 valence electrons. The molecule has 2 rings (SSSR count). The number of benzene rings is 1. The van der Waals surface area contributed by atoms with E-state index < -0.39 is 0 Å². The number of rotatable bonds is 3. The lowest BCUT2D eigenvalue weighted by atomic mass is 10.1. The Balaban J connectivity index is 1.97. The van der Waals surface area contributed by atoms with Gasteiger partial charge in [-0.25, -0.2) is 0 Å². The van der Waals surface area contributed by atoms with Crippen LogP contribution in [0.1, 0.15) is 17.9 Å². The summed E-state index contributed by atoms with van der Waals surface area (Å²) in [4.78, 5) is 0. The van der Waals surface area contributed by atoms with Gasteiger partial charge in [0, 0.05) is 6.54 Å². The third-order valence-corrected chi connectivity index (χ3v) is 2.53. The molecule has 1 aromatic carbocycles. The van der Waals surface area contributed by atoms with Crippen molar-refractivity contribution >= 4 is 0 Å². The van der Waals surface area contributed by atoms with Gasteiger partial charge in [-0.2, -0.15) is 0 Å². The Labute approximate surface area is 72.7 Å². The van der Waals surface area contributed by atoms with E-state index in [0.29, 0.717) is 0 Å². The molecule has 0 amide bonds. The van der Waals surface area contributed by atoms with E-state index in [9.17, 15) is 0 Å². The van der Waals surface area contributed by atoms with Gasteiger partial charge in [0.1, 0.15) is 0 Å². The SMILES string of the molecule is NNC[C@@H]1C[C@@H]1c1ccccc1. The van der Waals surface area contributed by atoms with Crippen molar-refractivity contribution in [1.82, 2.24) is 5.43 Å². The molecule has 3 N–H and O–H groups in total. The molecule has 1 saturated carbocycles. The average Bonchev–Trinajstić information content (AvgIpc) is 2.87. The molecule has 0 bridgehead atoms. The van der Waals surface area contributed by atoms with E-state index in [1.165, 1.54) is 12.0 Å². The van der Waals surface area contributed by atoms with E-state index in [-0.39, 0.29) is 0 Å². The summed E-state index contributed by atoms with van der Waals surface area (Å²) in [5.41, 5.74) is 4.19. The predicted octanol–water partition coefficient (Wildman–Crippen LogP) is 1.25. The van der Waals surface area contributed by atoms with E-state index in [1.807, 2.05) is 0 Å². The quantitative estimate of drug-likeness (QED) is 0.518. The Morgan fingerprint density at radius 2 is 2.08 bits per heavy atom. The molecule has 12 heavy (non-hydrogen) atoms. The topological polar surface area (TPSA) is 38.0 Å². The molecule has 0 unspecified atom stereocenters. The fourth-order valence-corrected chi connectivity index (χ4v) is 1.73. The Bertz CT molecular complexity index is 245. The summed E-state index contributed by atoms with van der Waals surface area (Å²) >= 11 is 0. The van der Waals surface area contributed by atoms with Crippen LogP contribution < -0.4 is 11.3 Å². The van der Waals surface area contributed by atoms with Crippen LogP contribution in [0.3, 0.4) is 0 Å². The lowest BCUT2D eigenvalue weighted by Crippen LogP contribution is -2.24. The van der Waals surface area contributed by atoms with Gasteiger partial charge in [-0.05, 0) is 23.8 Å². The Morgan fingerprint density at radius 1 is 1.33 bits per heavy atom. The molecular formula is C10H14N2. The largest absolute Gasteiger partial charge is 0.271 e. The molecule has 0 spiro atoms. The van der Waals surface area contributed by atoms with E-state index >= 15 is 0 Å². The first-order valence-corrected chi connectivity index (χ1v) is 4.40. The monoisotopic (exact) mass is 162 g/mol. The predicted molar refractivity (Wildman–Crippen MR) is 49.5 cm³/mol. The van der Waals surface area contributed by atoms with Gasteiger partial charge in [0.05, 0.1) is 0 Å². The first-order valence-electron chi connectivity index (χ1n) is 4.40. The van der Waals surface area contributed by atoms with Crippen molar-refractivity contribution < 1.29 is 0 Å². The summed E-state index contributed by atoms with van der Waals surface area (Å²) in [7, 11) is 0. The second-order valence-electron chi connectivity index (χ2n) is 3.42. The molecule has 1 aromatic rings. The Hall–Kier alpha value is -0.860. The number of nitrogens with two attached hydrogens (primary N) is 1. The molecule has 0 heterocycles. The number of nitrogens with one attached hydrogen (secondary N) is 1. The van der Waals surface area contributed by atoms with Crippen LogP contribution in [0.5, 0.6) is 0 Å². The van der Waals surface area contributed by atoms with Crippen molar-refractivity contribution in [2.45, 2.75) is 12.3 Å². The normalized spacial score (nSPS) is 27.1. The van der Waals surface area contributed by atoms with Gasteiger partial charge in [-0.3, -0.25) is 11.3 Å². The zero-order chi connectivity index (χ0) is 8.39. The van der Waals surface area contributed by atoms with E-state index in [4.69, 9.17) is 5.84 Å². The molecule has 2 nitrogen and oxygen atoms in total. The molecule has 2 heteroatoms. The van der Waals surface area contributed by atoms with Crippen molar-refractivity contribution in [1.29, 1.82) is 0 Å². The second-order valence-corrected chi connectivity index (χ2v) is 3.42. The number of hydrogen-bond acceptors (Lipinski definition) is 2. The zero-order valence-electron chi connectivity index (χ0n) is 7.03. The minimum absolute atomic E-state index is 0.752. The van der Waals surface area contributed by atoms with Gasteiger partial charge in [0.2, 0.25) is 0 Å². The van der Waals surface area contributed by atoms with Crippen molar-refractivity contribution in [2.75, 3.05) is 6.54 Å². The zero-order valence-corrected chi connectivity index (χ0v) is 7.03. The van der Waals surface area contributed by atoms with Crippen LogP contribution in [0.2, 0.25) is 0 Å². The molecule has 0 saturated heterocycles. The number of hydrazine groups is 1. The molecule has 0 aliphatic heterocycles. The maximum absolute atomic E-state index is 5.26. The van der Waals surface area contributed by atoms with Crippen molar-refractivity contribution in [3.63, 3.8) is 0 Å². The Kier molecular flexibility index (Phi) is 2.11. The minimum Gasteiger partial charge on any atom is -0.271 e. The lowest BCUT2D eigenvalue weighted by molar-refractivity contribution is 0.655. The van der Waals surface area contributed by atoms with Crippen molar-refractivity contribution in [3.05, 3.63) is 35.9 Å². The minimum atomic E-state index is 0.752. The van der Waals surface area contributed by atoms with E-state index in [1.54, 1.807) is 0 Å². The lowest BCUT2D eigenvalue weighted by Gasteiger charge is -1.98. The van der Waals surface area contributed by atoms with Gasteiger partial charge in [0.15, 0.2) is 0 Å². The third kappa shape index (κ3) is 1.49. The summed E-state index contributed by atoms with van der Waals surface area (Å²) < 4.78 is 0. The van der Waals surface area contributed by atoms with E-state index in [2.05, 4.69) is 35.8 Å². The molecule has 1 aliphatic carbocycles.